The van der Waals surface area contributed by atoms with Crippen molar-refractivity contribution in [2.75, 3.05) is 20.3 Å². The summed E-state index contributed by atoms with van der Waals surface area (Å²) in [6.07, 6.45) is 2.41. The summed E-state index contributed by atoms with van der Waals surface area (Å²) in [6.45, 7) is 2.51. The van der Waals surface area contributed by atoms with E-state index in [1.165, 1.54) is 0 Å². The van der Waals surface area contributed by atoms with Gasteiger partial charge in [0.1, 0.15) is 5.75 Å². The number of nitrogens with zero attached hydrogens (tertiary/aromatic N) is 3. The predicted octanol–water partition coefficient (Wildman–Crippen LogP) is 1.63. The minimum Gasteiger partial charge on any atom is -0.496 e. The van der Waals surface area contributed by atoms with Gasteiger partial charge in [-0.3, -0.25) is 9.48 Å². The zero-order valence-electron chi connectivity index (χ0n) is 13.8. The fourth-order valence-corrected chi connectivity index (χ4v) is 2.56. The monoisotopic (exact) mass is 317 g/mol. The lowest BCUT2D eigenvalue weighted by molar-refractivity contribution is 0.0705. The molecule has 0 atom stereocenters. The van der Waals surface area contributed by atoms with Crippen molar-refractivity contribution >= 4 is 5.91 Å². The van der Waals surface area contributed by atoms with Crippen molar-refractivity contribution in [3.8, 4) is 5.75 Å². The Kier molecular flexibility index (Phi) is 5.76. The summed E-state index contributed by atoms with van der Waals surface area (Å²) in [5.74, 6) is 0.597. The van der Waals surface area contributed by atoms with Gasteiger partial charge in [0.15, 0.2) is 0 Å². The highest BCUT2D eigenvalue weighted by Crippen LogP contribution is 2.21. The topological polar surface area (TPSA) is 67.6 Å². The maximum absolute atomic E-state index is 12.9. The van der Waals surface area contributed by atoms with Crippen molar-refractivity contribution < 1.29 is 14.6 Å². The highest BCUT2D eigenvalue weighted by Gasteiger charge is 2.21. The number of methoxy groups -OCH3 is 1. The number of amides is 1. The largest absolute Gasteiger partial charge is 0.496 e. The number of carbonyl (C=O) groups excluding carboxylic acids is 1. The first-order valence-corrected chi connectivity index (χ1v) is 7.65. The van der Waals surface area contributed by atoms with Crippen LogP contribution in [-0.4, -0.2) is 46.0 Å². The predicted molar refractivity (Wildman–Crippen MR) is 87.4 cm³/mol. The number of aliphatic hydroxyl groups excluding tert-OH is 1. The van der Waals surface area contributed by atoms with Crippen LogP contribution >= 0.6 is 0 Å². The number of carbonyl (C=O) groups is 1. The molecule has 6 nitrogen and oxygen atoms in total. The van der Waals surface area contributed by atoms with E-state index >= 15 is 0 Å². The van der Waals surface area contributed by atoms with E-state index in [2.05, 4.69) is 5.10 Å². The number of aryl methyl sites for hydroxylation is 2. The van der Waals surface area contributed by atoms with E-state index in [4.69, 9.17) is 4.74 Å². The summed E-state index contributed by atoms with van der Waals surface area (Å²) >= 11 is 0. The third-order valence-corrected chi connectivity index (χ3v) is 3.68. The van der Waals surface area contributed by atoms with Gasteiger partial charge in [-0.1, -0.05) is 25.1 Å². The molecule has 0 fully saturated rings. The smallest absolute Gasteiger partial charge is 0.257 e. The molecule has 0 aliphatic carbocycles. The molecule has 124 valence electrons. The van der Waals surface area contributed by atoms with Crippen LogP contribution in [0.2, 0.25) is 0 Å². The zero-order valence-corrected chi connectivity index (χ0v) is 13.8. The second kappa shape index (κ2) is 7.78. The number of benzene rings is 1. The first-order valence-electron chi connectivity index (χ1n) is 7.65. The number of rotatable bonds is 7. The molecular weight excluding hydrogens is 294 g/mol. The lowest BCUT2D eigenvalue weighted by atomic mass is 10.1. The number of ether oxygens (including phenoxy) is 1. The van der Waals surface area contributed by atoms with Crippen LogP contribution in [0.1, 0.15) is 28.5 Å². The number of para-hydroxylation sites is 1. The van der Waals surface area contributed by atoms with Crippen molar-refractivity contribution in [2.45, 2.75) is 19.9 Å². The van der Waals surface area contributed by atoms with Crippen molar-refractivity contribution in [1.29, 1.82) is 0 Å². The Hall–Kier alpha value is -2.34. The van der Waals surface area contributed by atoms with Crippen LogP contribution in [0, 0.1) is 0 Å². The van der Waals surface area contributed by atoms with Crippen LogP contribution in [-0.2, 0) is 20.0 Å². The molecule has 6 heteroatoms. The molecule has 0 aliphatic rings. The summed E-state index contributed by atoms with van der Waals surface area (Å²) in [5.41, 5.74) is 2.25. The van der Waals surface area contributed by atoms with E-state index in [9.17, 15) is 9.90 Å². The van der Waals surface area contributed by atoms with E-state index < -0.39 is 0 Å². The van der Waals surface area contributed by atoms with Gasteiger partial charge in [-0.05, 0) is 12.5 Å². The third-order valence-electron chi connectivity index (χ3n) is 3.68. The van der Waals surface area contributed by atoms with Gasteiger partial charge in [0.2, 0.25) is 0 Å². The van der Waals surface area contributed by atoms with Crippen molar-refractivity contribution in [1.82, 2.24) is 14.7 Å². The highest BCUT2D eigenvalue weighted by atomic mass is 16.5. The van der Waals surface area contributed by atoms with Gasteiger partial charge in [0, 0.05) is 31.9 Å². The van der Waals surface area contributed by atoms with Crippen LogP contribution in [0.4, 0.5) is 0 Å². The molecule has 0 spiro atoms. The number of aliphatic hydroxyl groups is 1. The molecule has 0 saturated heterocycles. The van der Waals surface area contributed by atoms with Crippen molar-refractivity contribution in [3.63, 3.8) is 0 Å². The molecule has 1 aromatic heterocycles. The molecule has 0 saturated carbocycles. The summed E-state index contributed by atoms with van der Waals surface area (Å²) in [7, 11) is 3.40. The molecular formula is C17H23N3O3. The first kappa shape index (κ1) is 17.0. The van der Waals surface area contributed by atoms with Gasteiger partial charge in [0.05, 0.1) is 25.0 Å². The molecule has 2 aromatic rings. The van der Waals surface area contributed by atoms with Crippen molar-refractivity contribution in [2.24, 2.45) is 7.05 Å². The van der Waals surface area contributed by atoms with Gasteiger partial charge in [-0.15, -0.1) is 0 Å². The van der Waals surface area contributed by atoms with Gasteiger partial charge in [-0.25, -0.2) is 0 Å². The SMILES string of the molecule is CCc1nn(C)cc1C(=O)N(CCO)Cc1ccccc1OC. The Balaban J connectivity index is 2.28. The normalized spacial score (nSPS) is 10.6. The molecule has 0 radical (unpaired) electrons. The maximum Gasteiger partial charge on any atom is 0.257 e. The third kappa shape index (κ3) is 3.90. The molecule has 1 amide bonds. The quantitative estimate of drug-likeness (QED) is 0.843. The number of aromatic nitrogens is 2. The first-order chi connectivity index (χ1) is 11.1. The molecule has 23 heavy (non-hydrogen) atoms. The minimum absolute atomic E-state index is 0.0946. The van der Waals surface area contributed by atoms with Crippen LogP contribution in [0.5, 0.6) is 5.75 Å². The number of hydrogen-bond acceptors (Lipinski definition) is 4. The Labute approximate surface area is 136 Å². The van der Waals surface area contributed by atoms with Crippen molar-refractivity contribution in [3.05, 3.63) is 47.3 Å². The van der Waals surface area contributed by atoms with Gasteiger partial charge < -0.3 is 14.7 Å². The molecule has 1 N–H and O–H groups in total. The summed E-state index contributed by atoms with van der Waals surface area (Å²) < 4.78 is 6.99. The van der Waals surface area contributed by atoms with E-state index in [0.29, 0.717) is 18.5 Å². The van der Waals surface area contributed by atoms with Gasteiger partial charge in [0.25, 0.3) is 5.91 Å². The summed E-state index contributed by atoms with van der Waals surface area (Å²) in [4.78, 5) is 14.5. The Morgan fingerprint density at radius 2 is 2.13 bits per heavy atom. The highest BCUT2D eigenvalue weighted by molar-refractivity contribution is 5.95. The summed E-state index contributed by atoms with van der Waals surface area (Å²) in [5, 5.41) is 13.6. The fourth-order valence-electron chi connectivity index (χ4n) is 2.56. The fraction of sp³-hybridized carbons (Fsp3) is 0.412. The average molecular weight is 317 g/mol. The standard InChI is InChI=1S/C17H23N3O3/c1-4-15-14(12-19(2)18-15)17(22)20(9-10-21)11-13-7-5-6-8-16(13)23-3/h5-8,12,21H,4,9-11H2,1-3H3. The molecule has 0 unspecified atom stereocenters. The second-order valence-corrected chi connectivity index (χ2v) is 5.28. The molecule has 1 aromatic carbocycles. The molecule has 2 rings (SSSR count). The maximum atomic E-state index is 12.9. The van der Waals surface area contributed by atoms with Gasteiger partial charge >= 0.3 is 0 Å². The Morgan fingerprint density at radius 1 is 1.39 bits per heavy atom. The summed E-state index contributed by atoms with van der Waals surface area (Å²) in [6, 6.07) is 7.57. The molecule has 0 aliphatic heterocycles. The van der Waals surface area contributed by atoms with E-state index in [0.717, 1.165) is 17.0 Å². The van der Waals surface area contributed by atoms with Crippen LogP contribution in [0.3, 0.4) is 0 Å². The zero-order chi connectivity index (χ0) is 16.8. The molecule has 0 bridgehead atoms. The van der Waals surface area contributed by atoms with E-state index in [1.807, 2.05) is 31.2 Å². The average Bonchev–Trinajstić information content (AvgIpc) is 2.95. The number of hydrogen-bond donors (Lipinski definition) is 1. The Morgan fingerprint density at radius 3 is 2.78 bits per heavy atom. The van der Waals surface area contributed by atoms with Crippen LogP contribution in [0.25, 0.3) is 0 Å². The van der Waals surface area contributed by atoms with Gasteiger partial charge in [-0.2, -0.15) is 5.10 Å². The lowest BCUT2D eigenvalue weighted by Gasteiger charge is -2.22. The minimum atomic E-state index is -0.130. The lowest BCUT2D eigenvalue weighted by Crippen LogP contribution is -2.33. The second-order valence-electron chi connectivity index (χ2n) is 5.28. The molecule has 1 heterocycles. The Bertz CT molecular complexity index is 667. The van der Waals surface area contributed by atoms with E-state index in [-0.39, 0.29) is 19.1 Å². The van der Waals surface area contributed by atoms with Crippen LogP contribution < -0.4 is 4.74 Å². The van der Waals surface area contributed by atoms with E-state index in [1.54, 1.807) is 29.9 Å². The van der Waals surface area contributed by atoms with Crippen LogP contribution in [0.15, 0.2) is 30.5 Å².